The van der Waals surface area contributed by atoms with Crippen LogP contribution in [0.3, 0.4) is 0 Å². The number of nitrogens with one attached hydrogen (secondary N) is 1. The molecule has 0 radical (unpaired) electrons. The van der Waals surface area contributed by atoms with E-state index in [0.717, 1.165) is 12.8 Å². The molecule has 0 spiro atoms. The van der Waals surface area contributed by atoms with E-state index in [4.69, 9.17) is 4.74 Å². The van der Waals surface area contributed by atoms with Gasteiger partial charge in [-0.1, -0.05) is 18.2 Å². The van der Waals surface area contributed by atoms with Crippen LogP contribution >= 0.6 is 0 Å². The van der Waals surface area contributed by atoms with Gasteiger partial charge in [-0.15, -0.1) is 6.58 Å². The Morgan fingerprint density at radius 1 is 1.50 bits per heavy atom. The fourth-order valence-electron chi connectivity index (χ4n) is 1.32. The molecule has 1 N–H and O–H groups in total. The second-order valence-electron chi connectivity index (χ2n) is 3.35. The van der Waals surface area contributed by atoms with Crippen LogP contribution in [0.2, 0.25) is 0 Å². The summed E-state index contributed by atoms with van der Waals surface area (Å²) in [4.78, 5) is 11.5. The molecule has 0 aliphatic heterocycles. The minimum absolute atomic E-state index is 0.126. The third-order valence-electron chi connectivity index (χ3n) is 2.17. The number of carbonyl (C=O) groups is 1. The van der Waals surface area contributed by atoms with Gasteiger partial charge in [-0.05, 0) is 25.0 Å². The molecule has 3 heteroatoms. The van der Waals surface area contributed by atoms with Crippen molar-refractivity contribution in [1.82, 2.24) is 5.32 Å². The molecule has 0 fully saturated rings. The van der Waals surface area contributed by atoms with Crippen molar-refractivity contribution in [3.05, 3.63) is 42.5 Å². The molecule has 0 heterocycles. The van der Waals surface area contributed by atoms with Gasteiger partial charge in [-0.3, -0.25) is 4.79 Å². The van der Waals surface area contributed by atoms with E-state index in [9.17, 15) is 4.79 Å². The van der Waals surface area contributed by atoms with E-state index in [1.54, 1.807) is 19.2 Å². The lowest BCUT2D eigenvalue weighted by atomic mass is 10.2. The maximum absolute atomic E-state index is 11.5. The van der Waals surface area contributed by atoms with Crippen molar-refractivity contribution in [3.63, 3.8) is 0 Å². The number of carbonyl (C=O) groups excluding carboxylic acids is 1. The van der Waals surface area contributed by atoms with Gasteiger partial charge in [0.05, 0.1) is 12.2 Å². The molecule has 1 aromatic carbocycles. The maximum Gasteiger partial charge on any atom is 0.254 e. The number of benzene rings is 1. The SMILES string of the molecule is C=CCCCOc1ccccc1C(=O)NC. The number of rotatable bonds is 6. The Morgan fingerprint density at radius 2 is 2.25 bits per heavy atom. The van der Waals surface area contributed by atoms with E-state index in [0.29, 0.717) is 17.9 Å². The lowest BCUT2D eigenvalue weighted by Gasteiger charge is -2.09. The highest BCUT2D eigenvalue weighted by molar-refractivity contribution is 5.96. The zero-order valence-electron chi connectivity index (χ0n) is 9.53. The van der Waals surface area contributed by atoms with Gasteiger partial charge in [-0.2, -0.15) is 0 Å². The van der Waals surface area contributed by atoms with Crippen LogP contribution in [0.4, 0.5) is 0 Å². The first kappa shape index (κ1) is 12.3. The molecule has 16 heavy (non-hydrogen) atoms. The number of allylic oxidation sites excluding steroid dienone is 1. The van der Waals surface area contributed by atoms with Crippen LogP contribution in [0.25, 0.3) is 0 Å². The van der Waals surface area contributed by atoms with E-state index in [1.165, 1.54) is 0 Å². The zero-order valence-corrected chi connectivity index (χ0v) is 9.53. The Morgan fingerprint density at radius 3 is 2.94 bits per heavy atom. The largest absolute Gasteiger partial charge is 0.493 e. The average Bonchev–Trinajstić information content (AvgIpc) is 2.34. The van der Waals surface area contributed by atoms with Crippen molar-refractivity contribution >= 4 is 5.91 Å². The summed E-state index contributed by atoms with van der Waals surface area (Å²) in [6, 6.07) is 7.23. The van der Waals surface area contributed by atoms with Crippen LogP contribution in [0.15, 0.2) is 36.9 Å². The van der Waals surface area contributed by atoms with Crippen LogP contribution in [-0.4, -0.2) is 19.6 Å². The first-order chi connectivity index (χ1) is 7.79. The molecule has 1 aromatic rings. The topological polar surface area (TPSA) is 38.3 Å². The van der Waals surface area contributed by atoms with Gasteiger partial charge in [0.1, 0.15) is 5.75 Å². The summed E-state index contributed by atoms with van der Waals surface area (Å²) >= 11 is 0. The summed E-state index contributed by atoms with van der Waals surface area (Å²) in [5.74, 6) is 0.505. The monoisotopic (exact) mass is 219 g/mol. The van der Waals surface area contributed by atoms with Gasteiger partial charge < -0.3 is 10.1 Å². The summed E-state index contributed by atoms with van der Waals surface area (Å²) in [5, 5.41) is 2.59. The standard InChI is InChI=1S/C13H17NO2/c1-3-4-7-10-16-12-9-6-5-8-11(12)13(15)14-2/h3,5-6,8-9H,1,4,7,10H2,2H3,(H,14,15). The highest BCUT2D eigenvalue weighted by Crippen LogP contribution is 2.17. The van der Waals surface area contributed by atoms with Crippen molar-refractivity contribution in [2.45, 2.75) is 12.8 Å². The highest BCUT2D eigenvalue weighted by atomic mass is 16.5. The molecule has 0 aromatic heterocycles. The Bertz CT molecular complexity index is 361. The van der Waals surface area contributed by atoms with E-state index in [2.05, 4.69) is 11.9 Å². The number of para-hydroxylation sites is 1. The molecular formula is C13H17NO2. The summed E-state index contributed by atoms with van der Waals surface area (Å²) in [7, 11) is 1.61. The van der Waals surface area contributed by atoms with Crippen molar-refractivity contribution < 1.29 is 9.53 Å². The second-order valence-corrected chi connectivity index (χ2v) is 3.35. The maximum atomic E-state index is 11.5. The van der Waals surface area contributed by atoms with E-state index in [1.807, 2.05) is 18.2 Å². The fourth-order valence-corrected chi connectivity index (χ4v) is 1.32. The number of hydrogen-bond donors (Lipinski definition) is 1. The molecule has 1 amide bonds. The quantitative estimate of drug-likeness (QED) is 0.589. The van der Waals surface area contributed by atoms with Gasteiger partial charge >= 0.3 is 0 Å². The van der Waals surface area contributed by atoms with E-state index in [-0.39, 0.29) is 5.91 Å². The predicted octanol–water partition coefficient (Wildman–Crippen LogP) is 2.39. The smallest absolute Gasteiger partial charge is 0.254 e. The van der Waals surface area contributed by atoms with Gasteiger partial charge in [0.25, 0.3) is 5.91 Å². The van der Waals surface area contributed by atoms with Gasteiger partial charge in [0.15, 0.2) is 0 Å². The Labute approximate surface area is 96.1 Å². The third-order valence-corrected chi connectivity index (χ3v) is 2.17. The van der Waals surface area contributed by atoms with Gasteiger partial charge in [0, 0.05) is 7.05 Å². The zero-order chi connectivity index (χ0) is 11.8. The van der Waals surface area contributed by atoms with E-state index < -0.39 is 0 Å². The van der Waals surface area contributed by atoms with Crippen LogP contribution in [0, 0.1) is 0 Å². The van der Waals surface area contributed by atoms with Crippen molar-refractivity contribution in [3.8, 4) is 5.75 Å². The molecule has 0 aliphatic carbocycles. The molecule has 0 saturated carbocycles. The van der Waals surface area contributed by atoms with Crippen molar-refractivity contribution in [2.75, 3.05) is 13.7 Å². The normalized spacial score (nSPS) is 9.56. The Balaban J connectivity index is 2.64. The highest BCUT2D eigenvalue weighted by Gasteiger charge is 2.09. The fraction of sp³-hybridized carbons (Fsp3) is 0.308. The van der Waals surface area contributed by atoms with Crippen molar-refractivity contribution in [2.24, 2.45) is 0 Å². The molecule has 0 atom stereocenters. The number of hydrogen-bond acceptors (Lipinski definition) is 2. The number of amides is 1. The minimum atomic E-state index is -0.126. The summed E-state index contributed by atoms with van der Waals surface area (Å²) in [6.45, 7) is 4.24. The second kappa shape index (κ2) is 6.67. The van der Waals surface area contributed by atoms with Crippen LogP contribution in [0.1, 0.15) is 23.2 Å². The summed E-state index contributed by atoms with van der Waals surface area (Å²) in [5.41, 5.74) is 0.573. The first-order valence-corrected chi connectivity index (χ1v) is 5.34. The third kappa shape index (κ3) is 3.42. The van der Waals surface area contributed by atoms with E-state index >= 15 is 0 Å². The molecule has 0 bridgehead atoms. The summed E-state index contributed by atoms with van der Waals surface area (Å²) in [6.07, 6.45) is 3.68. The lowest BCUT2D eigenvalue weighted by Crippen LogP contribution is -2.18. The van der Waals surface area contributed by atoms with Gasteiger partial charge in [0.2, 0.25) is 0 Å². The molecule has 1 rings (SSSR count). The predicted molar refractivity (Wildman–Crippen MR) is 64.8 cm³/mol. The molecular weight excluding hydrogens is 202 g/mol. The molecule has 3 nitrogen and oxygen atoms in total. The number of unbranched alkanes of at least 4 members (excludes halogenated alkanes) is 1. The summed E-state index contributed by atoms with van der Waals surface area (Å²) < 4.78 is 5.55. The Hall–Kier alpha value is -1.77. The lowest BCUT2D eigenvalue weighted by molar-refractivity contribution is 0.0959. The van der Waals surface area contributed by atoms with Crippen LogP contribution in [-0.2, 0) is 0 Å². The van der Waals surface area contributed by atoms with Crippen LogP contribution < -0.4 is 10.1 Å². The molecule has 86 valence electrons. The minimum Gasteiger partial charge on any atom is -0.493 e. The van der Waals surface area contributed by atoms with Crippen molar-refractivity contribution in [1.29, 1.82) is 0 Å². The number of ether oxygens (including phenoxy) is 1. The molecule has 0 aliphatic rings. The van der Waals surface area contributed by atoms with Gasteiger partial charge in [-0.25, -0.2) is 0 Å². The molecule has 0 unspecified atom stereocenters. The Kier molecular flexibility index (Phi) is 5.12. The van der Waals surface area contributed by atoms with Crippen LogP contribution in [0.5, 0.6) is 5.75 Å². The molecule has 0 saturated heterocycles. The average molecular weight is 219 g/mol. The first-order valence-electron chi connectivity index (χ1n) is 5.34.